The minimum Gasteiger partial charge on any atom is -0.387 e. The predicted molar refractivity (Wildman–Crippen MR) is 66.0 cm³/mol. The first-order valence-electron chi connectivity index (χ1n) is 4.56. The van der Waals surface area contributed by atoms with Gasteiger partial charge < -0.3 is 5.32 Å². The summed E-state index contributed by atoms with van der Waals surface area (Å²) >= 11 is 12.2. The summed E-state index contributed by atoms with van der Waals surface area (Å²) in [5.74, 6) is 0. The van der Waals surface area contributed by atoms with Crippen LogP contribution in [-0.2, 0) is 0 Å². The lowest BCUT2D eigenvalue weighted by molar-refractivity contribution is 1.25. The number of hydrogen-bond donors (Lipinski definition) is 1. The predicted octanol–water partition coefficient (Wildman–Crippen LogP) is 3.89. The van der Waals surface area contributed by atoms with E-state index in [-0.39, 0.29) is 0 Å². The summed E-state index contributed by atoms with van der Waals surface area (Å²) in [5.41, 5.74) is 2.61. The van der Waals surface area contributed by atoms with Crippen molar-refractivity contribution in [2.75, 3.05) is 12.4 Å². The van der Waals surface area contributed by atoms with Crippen LogP contribution in [0.15, 0.2) is 18.2 Å². The molecule has 0 aliphatic rings. The van der Waals surface area contributed by atoms with Gasteiger partial charge in [0.15, 0.2) is 0 Å². The summed E-state index contributed by atoms with van der Waals surface area (Å²) in [7, 11) is 1.85. The molecule has 0 unspecified atom stereocenters. The number of aromatic nitrogens is 1. The van der Waals surface area contributed by atoms with Gasteiger partial charge >= 0.3 is 0 Å². The van der Waals surface area contributed by atoms with Gasteiger partial charge in [-0.15, -0.1) is 0 Å². The van der Waals surface area contributed by atoms with Crippen molar-refractivity contribution >= 4 is 39.8 Å². The largest absolute Gasteiger partial charge is 0.387 e. The number of nitrogens with zero attached hydrogens (tertiary/aromatic N) is 1. The molecule has 2 nitrogen and oxygen atoms in total. The van der Waals surface area contributed by atoms with Gasteiger partial charge in [-0.2, -0.15) is 0 Å². The zero-order valence-electron chi connectivity index (χ0n) is 8.44. The Morgan fingerprint density at radius 2 is 1.87 bits per heavy atom. The lowest BCUT2D eigenvalue weighted by Gasteiger charge is -2.09. The highest BCUT2D eigenvalue weighted by Gasteiger charge is 2.09. The first-order chi connectivity index (χ1) is 7.13. The molecule has 2 rings (SSSR count). The van der Waals surface area contributed by atoms with Gasteiger partial charge in [0.1, 0.15) is 0 Å². The Balaban J connectivity index is 2.95. The number of aryl methyl sites for hydroxylation is 1. The number of anilines is 1. The highest BCUT2D eigenvalue weighted by molar-refractivity contribution is 6.40. The summed E-state index contributed by atoms with van der Waals surface area (Å²) in [6.07, 6.45) is 0. The van der Waals surface area contributed by atoms with E-state index in [2.05, 4.69) is 10.3 Å². The molecule has 0 amide bonds. The number of pyridine rings is 1. The molecule has 15 heavy (non-hydrogen) atoms. The van der Waals surface area contributed by atoms with E-state index < -0.39 is 0 Å². The van der Waals surface area contributed by atoms with Crippen LogP contribution in [0.2, 0.25) is 10.0 Å². The third-order valence-corrected chi connectivity index (χ3v) is 2.88. The van der Waals surface area contributed by atoms with Crippen molar-refractivity contribution in [3.63, 3.8) is 0 Å². The van der Waals surface area contributed by atoms with Gasteiger partial charge in [0.25, 0.3) is 0 Å². The van der Waals surface area contributed by atoms with E-state index in [0.29, 0.717) is 10.0 Å². The van der Waals surface area contributed by atoms with Crippen LogP contribution in [0.4, 0.5) is 5.69 Å². The van der Waals surface area contributed by atoms with Gasteiger partial charge in [0.2, 0.25) is 0 Å². The van der Waals surface area contributed by atoms with Crippen molar-refractivity contribution in [2.45, 2.75) is 6.92 Å². The standard InChI is InChI=1S/C11H10Cl2N2/c1-6-5-9(14-2)10-7(12)3-4-8(13)11(10)15-6/h3-5H,1-2H3,(H,14,15). The second-order valence-corrected chi connectivity index (χ2v) is 4.13. The number of rotatable bonds is 1. The molecule has 0 atom stereocenters. The minimum absolute atomic E-state index is 0.620. The zero-order valence-corrected chi connectivity index (χ0v) is 9.95. The molecular formula is C11H10Cl2N2. The molecule has 0 aliphatic carbocycles. The summed E-state index contributed by atoms with van der Waals surface area (Å²) < 4.78 is 0. The maximum Gasteiger partial charge on any atom is 0.0927 e. The second-order valence-electron chi connectivity index (χ2n) is 3.31. The van der Waals surface area contributed by atoms with Crippen molar-refractivity contribution in [2.24, 2.45) is 0 Å². The molecule has 0 radical (unpaired) electrons. The molecule has 78 valence electrons. The Kier molecular flexibility index (Phi) is 2.72. The van der Waals surface area contributed by atoms with Gasteiger partial charge in [-0.25, -0.2) is 0 Å². The van der Waals surface area contributed by atoms with Crippen LogP contribution >= 0.6 is 23.2 Å². The molecule has 0 saturated heterocycles. The van der Waals surface area contributed by atoms with E-state index in [0.717, 1.165) is 22.3 Å². The van der Waals surface area contributed by atoms with Gasteiger partial charge in [-0.3, -0.25) is 4.98 Å². The highest BCUT2D eigenvalue weighted by atomic mass is 35.5. The fraction of sp³-hybridized carbons (Fsp3) is 0.182. The molecule has 0 bridgehead atoms. The van der Waals surface area contributed by atoms with Gasteiger partial charge in [-0.1, -0.05) is 23.2 Å². The van der Waals surface area contributed by atoms with Crippen molar-refractivity contribution in [1.82, 2.24) is 4.98 Å². The average Bonchev–Trinajstić information content (AvgIpc) is 2.22. The van der Waals surface area contributed by atoms with Crippen LogP contribution in [0.5, 0.6) is 0 Å². The van der Waals surface area contributed by atoms with Crippen LogP contribution in [0.25, 0.3) is 10.9 Å². The zero-order chi connectivity index (χ0) is 11.0. The lowest BCUT2D eigenvalue weighted by Crippen LogP contribution is -1.94. The number of halogens is 2. The summed E-state index contributed by atoms with van der Waals surface area (Å²) in [4.78, 5) is 4.39. The van der Waals surface area contributed by atoms with E-state index in [1.807, 2.05) is 20.0 Å². The Morgan fingerprint density at radius 3 is 2.53 bits per heavy atom. The van der Waals surface area contributed by atoms with Crippen LogP contribution in [-0.4, -0.2) is 12.0 Å². The van der Waals surface area contributed by atoms with Gasteiger partial charge in [0.05, 0.1) is 15.6 Å². The highest BCUT2D eigenvalue weighted by Crippen LogP contribution is 2.33. The van der Waals surface area contributed by atoms with Gasteiger partial charge in [0, 0.05) is 23.8 Å². The number of hydrogen-bond acceptors (Lipinski definition) is 2. The van der Waals surface area contributed by atoms with Crippen molar-refractivity contribution in [3.8, 4) is 0 Å². The summed E-state index contributed by atoms with van der Waals surface area (Å²) in [5, 5.41) is 5.25. The Bertz CT molecular complexity index is 523. The second kappa shape index (κ2) is 3.87. The Labute approximate surface area is 98.2 Å². The van der Waals surface area contributed by atoms with E-state index >= 15 is 0 Å². The van der Waals surface area contributed by atoms with Crippen LogP contribution in [0.3, 0.4) is 0 Å². The van der Waals surface area contributed by atoms with Crippen LogP contribution < -0.4 is 5.32 Å². The van der Waals surface area contributed by atoms with E-state index in [4.69, 9.17) is 23.2 Å². The maximum atomic E-state index is 6.13. The minimum atomic E-state index is 0.620. The van der Waals surface area contributed by atoms with Crippen molar-refractivity contribution in [1.29, 1.82) is 0 Å². The van der Waals surface area contributed by atoms with Crippen LogP contribution in [0, 0.1) is 6.92 Å². The summed E-state index contributed by atoms with van der Waals surface area (Å²) in [6.45, 7) is 1.93. The van der Waals surface area contributed by atoms with E-state index in [1.165, 1.54) is 0 Å². The molecule has 0 saturated carbocycles. The molecule has 1 aromatic carbocycles. The van der Waals surface area contributed by atoms with Gasteiger partial charge in [-0.05, 0) is 25.1 Å². The number of benzene rings is 1. The Hall–Kier alpha value is -0.990. The molecule has 4 heteroatoms. The Morgan fingerprint density at radius 1 is 1.20 bits per heavy atom. The SMILES string of the molecule is CNc1cc(C)nc2c(Cl)ccc(Cl)c12. The molecule has 0 fully saturated rings. The fourth-order valence-electron chi connectivity index (χ4n) is 1.59. The quantitative estimate of drug-likeness (QED) is 0.819. The van der Waals surface area contributed by atoms with Crippen molar-refractivity contribution in [3.05, 3.63) is 33.9 Å². The van der Waals surface area contributed by atoms with Crippen molar-refractivity contribution < 1.29 is 0 Å². The molecular weight excluding hydrogens is 231 g/mol. The third-order valence-electron chi connectivity index (χ3n) is 2.26. The molecule has 0 aliphatic heterocycles. The lowest BCUT2D eigenvalue weighted by atomic mass is 10.1. The first kappa shape index (κ1) is 10.5. The normalized spacial score (nSPS) is 10.7. The monoisotopic (exact) mass is 240 g/mol. The molecule has 1 N–H and O–H groups in total. The molecule has 1 heterocycles. The summed E-state index contributed by atoms with van der Waals surface area (Å²) in [6, 6.07) is 5.49. The molecule has 1 aromatic heterocycles. The average molecular weight is 241 g/mol. The number of nitrogens with one attached hydrogen (secondary N) is 1. The molecule has 2 aromatic rings. The van der Waals surface area contributed by atoms with E-state index in [9.17, 15) is 0 Å². The molecule has 0 spiro atoms. The fourth-order valence-corrected chi connectivity index (χ4v) is 2.05. The number of fused-ring (bicyclic) bond motifs is 1. The smallest absolute Gasteiger partial charge is 0.0927 e. The van der Waals surface area contributed by atoms with E-state index in [1.54, 1.807) is 12.1 Å². The maximum absolute atomic E-state index is 6.13. The first-order valence-corrected chi connectivity index (χ1v) is 5.32. The van der Waals surface area contributed by atoms with Crippen LogP contribution in [0.1, 0.15) is 5.69 Å². The topological polar surface area (TPSA) is 24.9 Å². The third kappa shape index (κ3) is 1.75.